The Hall–Kier alpha value is -2.55. The van der Waals surface area contributed by atoms with Crippen LogP contribution in [0.15, 0.2) is 42.0 Å². The fraction of sp³-hybridized carbons (Fsp3) is 0.560. The Labute approximate surface area is 193 Å². The van der Waals surface area contributed by atoms with E-state index in [1.807, 2.05) is 0 Å². The van der Waals surface area contributed by atoms with Gasteiger partial charge in [0.05, 0.1) is 23.6 Å². The Bertz CT molecular complexity index is 979. The molecule has 3 fully saturated rings. The first kappa shape index (κ1) is 23.6. The van der Waals surface area contributed by atoms with Crippen molar-refractivity contribution in [3.05, 3.63) is 57.7 Å². The number of hydrogen-bond donors (Lipinski definition) is 0. The van der Waals surface area contributed by atoms with Gasteiger partial charge < -0.3 is 18.9 Å². The van der Waals surface area contributed by atoms with Crippen molar-refractivity contribution in [1.29, 1.82) is 0 Å². The van der Waals surface area contributed by atoms with Gasteiger partial charge in [-0.25, -0.2) is 4.79 Å². The van der Waals surface area contributed by atoms with E-state index in [2.05, 4.69) is 26.8 Å². The van der Waals surface area contributed by atoms with Gasteiger partial charge in [0, 0.05) is 25.3 Å². The van der Waals surface area contributed by atoms with Gasteiger partial charge in [-0.05, 0) is 51.7 Å². The van der Waals surface area contributed by atoms with Crippen LogP contribution >= 0.6 is 0 Å². The van der Waals surface area contributed by atoms with Crippen LogP contribution in [0.3, 0.4) is 0 Å². The van der Waals surface area contributed by atoms with Crippen LogP contribution in [0, 0.1) is 16.0 Å². The Morgan fingerprint density at radius 3 is 2.76 bits per heavy atom. The number of hydrogen-bond acceptors (Lipinski definition) is 7. The number of carbonyl (C=O) groups is 1. The van der Waals surface area contributed by atoms with E-state index in [-0.39, 0.29) is 29.4 Å². The van der Waals surface area contributed by atoms with Crippen LogP contribution in [0.25, 0.3) is 6.08 Å². The lowest BCUT2D eigenvalue weighted by Gasteiger charge is -2.42. The van der Waals surface area contributed by atoms with E-state index in [4.69, 9.17) is 18.9 Å². The molecule has 1 saturated carbocycles. The highest BCUT2D eigenvalue weighted by atomic mass is 16.6. The van der Waals surface area contributed by atoms with Crippen molar-refractivity contribution < 1.29 is 28.7 Å². The molecule has 8 nitrogen and oxygen atoms in total. The van der Waals surface area contributed by atoms with Crippen molar-refractivity contribution >= 4 is 17.7 Å². The molecule has 0 radical (unpaired) electrons. The molecule has 2 heterocycles. The van der Waals surface area contributed by atoms with E-state index >= 15 is 0 Å². The van der Waals surface area contributed by atoms with Crippen molar-refractivity contribution in [3.63, 3.8) is 0 Å². The molecule has 4 rings (SSSR count). The number of ether oxygens (including phenoxy) is 4. The van der Waals surface area contributed by atoms with Gasteiger partial charge in [0.15, 0.2) is 0 Å². The van der Waals surface area contributed by atoms with E-state index in [1.165, 1.54) is 29.9 Å². The number of allylic oxidation sites excluding steroid dienone is 1. The number of esters is 1. The average molecular weight is 458 g/mol. The second kappa shape index (κ2) is 9.00. The molecule has 3 aliphatic rings. The van der Waals surface area contributed by atoms with Crippen LogP contribution in [0.4, 0.5) is 5.69 Å². The molecule has 0 aromatic heterocycles. The lowest BCUT2D eigenvalue weighted by molar-refractivity contribution is -0.384. The van der Waals surface area contributed by atoms with Crippen molar-refractivity contribution in [2.75, 3.05) is 13.7 Å². The third-order valence-corrected chi connectivity index (χ3v) is 7.00. The average Bonchev–Trinajstić information content (AvgIpc) is 3.69. The predicted molar refractivity (Wildman–Crippen MR) is 122 cm³/mol. The highest BCUT2D eigenvalue weighted by Gasteiger charge is 2.72. The number of rotatable bonds is 8. The van der Waals surface area contributed by atoms with E-state index in [1.54, 1.807) is 19.2 Å². The molecule has 6 atom stereocenters. The summed E-state index contributed by atoms with van der Waals surface area (Å²) in [5, 5.41) is 10.9. The zero-order valence-electron chi connectivity index (χ0n) is 19.5. The minimum absolute atomic E-state index is 0.0323. The molecule has 0 unspecified atom stereocenters. The number of nitrogens with zero attached hydrogens (tertiary/aromatic N) is 1. The topological polar surface area (TPSA) is 104 Å². The van der Waals surface area contributed by atoms with Crippen molar-refractivity contribution in [3.8, 4) is 0 Å². The standard InChI is InChI=1S/C25H31NO7/c1-16(2)8-10-20-24(3,33-20)23-22(30-4)19(12-13-25(23)15-31-25)32-21(27)11-9-17-6-5-7-18(14-17)26(28)29/h5-9,11,14,19-20,22-23H,10,12-13,15H2,1-4H3/b11-9+/t19-,20-,22-,23-,24+,25+/m1/s1. The molecule has 8 heteroatoms. The highest BCUT2D eigenvalue weighted by Crippen LogP contribution is 2.59. The van der Waals surface area contributed by atoms with Crippen LogP contribution in [0.5, 0.6) is 0 Å². The predicted octanol–water partition coefficient (Wildman–Crippen LogP) is 4.23. The third kappa shape index (κ3) is 4.88. The molecule has 0 N–H and O–H groups in total. The summed E-state index contributed by atoms with van der Waals surface area (Å²) < 4.78 is 23.8. The Kier molecular flexibility index (Phi) is 6.44. The smallest absolute Gasteiger partial charge is 0.331 e. The van der Waals surface area contributed by atoms with E-state index in [9.17, 15) is 14.9 Å². The molecule has 1 aromatic carbocycles. The van der Waals surface area contributed by atoms with Gasteiger partial charge in [-0.1, -0.05) is 23.8 Å². The summed E-state index contributed by atoms with van der Waals surface area (Å²) in [6.07, 6.45) is 6.54. The summed E-state index contributed by atoms with van der Waals surface area (Å²) in [6, 6.07) is 6.08. The maximum atomic E-state index is 12.6. The van der Waals surface area contributed by atoms with Gasteiger partial charge in [0.25, 0.3) is 5.69 Å². The zero-order chi connectivity index (χ0) is 23.8. The first-order valence-corrected chi connectivity index (χ1v) is 11.3. The number of carbonyl (C=O) groups excluding carboxylic acids is 1. The first-order valence-electron chi connectivity index (χ1n) is 11.3. The Morgan fingerprint density at radius 1 is 1.36 bits per heavy atom. The van der Waals surface area contributed by atoms with Gasteiger partial charge in [-0.2, -0.15) is 0 Å². The van der Waals surface area contributed by atoms with Gasteiger partial charge in [0.1, 0.15) is 23.4 Å². The summed E-state index contributed by atoms with van der Waals surface area (Å²) in [5.74, 6) is -0.555. The minimum Gasteiger partial charge on any atom is -0.456 e. The van der Waals surface area contributed by atoms with Crippen molar-refractivity contribution in [1.82, 2.24) is 0 Å². The maximum absolute atomic E-state index is 12.6. The number of methoxy groups -OCH3 is 1. The molecule has 178 valence electrons. The summed E-state index contributed by atoms with van der Waals surface area (Å²) in [6.45, 7) is 6.91. The number of nitro benzene ring substituents is 1. The molecular formula is C25H31NO7. The van der Waals surface area contributed by atoms with E-state index in [0.717, 1.165) is 12.8 Å². The van der Waals surface area contributed by atoms with Crippen LogP contribution in [0.2, 0.25) is 0 Å². The Balaban J connectivity index is 1.45. The fourth-order valence-corrected chi connectivity index (χ4v) is 5.17. The van der Waals surface area contributed by atoms with Crippen LogP contribution in [-0.4, -0.2) is 54.1 Å². The van der Waals surface area contributed by atoms with Crippen LogP contribution in [0.1, 0.15) is 45.6 Å². The molecule has 1 aliphatic carbocycles. The maximum Gasteiger partial charge on any atom is 0.331 e. The number of benzene rings is 1. The van der Waals surface area contributed by atoms with Crippen LogP contribution < -0.4 is 0 Å². The normalized spacial score (nSPS) is 34.8. The molecule has 0 amide bonds. The van der Waals surface area contributed by atoms with Crippen molar-refractivity contribution in [2.24, 2.45) is 5.92 Å². The quantitative estimate of drug-likeness (QED) is 0.144. The highest BCUT2D eigenvalue weighted by molar-refractivity contribution is 5.87. The molecule has 0 bridgehead atoms. The summed E-state index contributed by atoms with van der Waals surface area (Å²) >= 11 is 0. The van der Waals surface area contributed by atoms with Gasteiger partial charge in [-0.15, -0.1) is 0 Å². The SMILES string of the molecule is CO[C@@H]1[C@H](OC(=O)/C=C/c2cccc([N+](=O)[O-])c2)CC[C@]2(CO2)[C@H]1[C@@]1(C)O[C@@H]1CC=C(C)C. The van der Waals surface area contributed by atoms with Crippen LogP contribution in [-0.2, 0) is 23.7 Å². The fourth-order valence-electron chi connectivity index (χ4n) is 5.17. The summed E-state index contributed by atoms with van der Waals surface area (Å²) in [4.78, 5) is 23.1. The Morgan fingerprint density at radius 2 is 2.12 bits per heavy atom. The number of epoxide rings is 2. The monoisotopic (exact) mass is 457 g/mol. The minimum atomic E-state index is -0.511. The molecule has 33 heavy (non-hydrogen) atoms. The lowest BCUT2D eigenvalue weighted by Crippen LogP contribution is -2.55. The van der Waals surface area contributed by atoms with Gasteiger partial charge >= 0.3 is 5.97 Å². The second-order valence-electron chi connectivity index (χ2n) is 9.54. The second-order valence-corrected chi connectivity index (χ2v) is 9.54. The van der Waals surface area contributed by atoms with E-state index in [0.29, 0.717) is 18.6 Å². The number of non-ortho nitro benzene ring substituents is 1. The first-order chi connectivity index (χ1) is 15.7. The molecule has 1 aromatic rings. The number of nitro groups is 1. The van der Waals surface area contributed by atoms with Crippen molar-refractivity contribution in [2.45, 2.75) is 69.5 Å². The third-order valence-electron chi connectivity index (χ3n) is 7.00. The summed E-state index contributed by atoms with van der Waals surface area (Å²) in [5.41, 5.74) is 1.09. The zero-order valence-corrected chi connectivity index (χ0v) is 19.5. The largest absolute Gasteiger partial charge is 0.456 e. The van der Waals surface area contributed by atoms with Gasteiger partial charge in [-0.3, -0.25) is 10.1 Å². The van der Waals surface area contributed by atoms with Gasteiger partial charge in [0.2, 0.25) is 0 Å². The lowest BCUT2D eigenvalue weighted by atomic mass is 9.68. The van der Waals surface area contributed by atoms with E-state index < -0.39 is 22.6 Å². The molecule has 2 saturated heterocycles. The molecule has 2 aliphatic heterocycles. The molecular weight excluding hydrogens is 426 g/mol. The summed E-state index contributed by atoms with van der Waals surface area (Å²) in [7, 11) is 1.63. The molecule has 1 spiro atoms.